The molecule has 0 spiro atoms. The molecule has 2 unspecified atom stereocenters. The van der Waals surface area contributed by atoms with E-state index in [1.807, 2.05) is 24.3 Å². The molecule has 1 fully saturated rings. The van der Waals surface area contributed by atoms with Gasteiger partial charge in [-0.2, -0.15) is 4.89 Å². The van der Waals surface area contributed by atoms with Crippen LogP contribution in [-0.2, 0) is 16.2 Å². The van der Waals surface area contributed by atoms with Crippen LogP contribution in [0.3, 0.4) is 0 Å². The van der Waals surface area contributed by atoms with E-state index in [-0.39, 0.29) is 6.10 Å². The van der Waals surface area contributed by atoms with Crippen LogP contribution >= 0.6 is 0 Å². The molecule has 3 heteroatoms. The molecule has 0 amide bonds. The summed E-state index contributed by atoms with van der Waals surface area (Å²) in [5.74, 6) is 0.260. The van der Waals surface area contributed by atoms with Gasteiger partial charge in [-0.05, 0) is 49.3 Å². The van der Waals surface area contributed by atoms with E-state index in [9.17, 15) is 4.79 Å². The zero-order valence-corrected chi connectivity index (χ0v) is 13.1. The minimum atomic E-state index is -0.393. The van der Waals surface area contributed by atoms with Gasteiger partial charge in [-0.3, -0.25) is 4.89 Å². The van der Waals surface area contributed by atoms with E-state index >= 15 is 0 Å². The van der Waals surface area contributed by atoms with Gasteiger partial charge in [-0.1, -0.05) is 45.2 Å². The predicted molar refractivity (Wildman–Crippen MR) is 83.0 cm³/mol. The number of unbranched alkanes of at least 4 members (excludes halogenated alkanes) is 1. The lowest BCUT2D eigenvalue weighted by Gasteiger charge is -2.24. The summed E-state index contributed by atoms with van der Waals surface area (Å²) in [5, 5.41) is 0. The molecule has 2 atom stereocenters. The van der Waals surface area contributed by atoms with Crippen molar-refractivity contribution in [2.45, 2.75) is 64.9 Å². The summed E-state index contributed by atoms with van der Waals surface area (Å²) in [7, 11) is 0. The Hall–Kier alpha value is -1.35. The second kappa shape index (κ2) is 8.18. The van der Waals surface area contributed by atoms with Gasteiger partial charge in [0.05, 0.1) is 5.56 Å². The highest BCUT2D eigenvalue weighted by Crippen LogP contribution is 2.26. The maximum absolute atomic E-state index is 11.9. The Kier molecular flexibility index (Phi) is 6.24. The van der Waals surface area contributed by atoms with Gasteiger partial charge in [0.15, 0.2) is 0 Å². The van der Waals surface area contributed by atoms with Gasteiger partial charge < -0.3 is 0 Å². The SMILES string of the molecule is CCCCc1ccc(C(=O)OOC2CCCC(C)C2)cc1. The Morgan fingerprint density at radius 2 is 2.00 bits per heavy atom. The number of benzene rings is 1. The lowest BCUT2D eigenvalue weighted by molar-refractivity contribution is -0.281. The van der Waals surface area contributed by atoms with Crippen LogP contribution in [0.5, 0.6) is 0 Å². The molecule has 0 N–H and O–H groups in total. The minimum absolute atomic E-state index is 0.0570. The normalized spacial score (nSPS) is 22.0. The van der Waals surface area contributed by atoms with Crippen molar-refractivity contribution in [3.63, 3.8) is 0 Å². The number of carbonyl (C=O) groups excluding carboxylic acids is 1. The zero-order chi connectivity index (χ0) is 15.1. The first-order chi connectivity index (χ1) is 10.2. The lowest BCUT2D eigenvalue weighted by Crippen LogP contribution is -2.23. The molecule has 0 saturated heterocycles. The monoisotopic (exact) mass is 290 g/mol. The van der Waals surface area contributed by atoms with Crippen LogP contribution in [-0.4, -0.2) is 12.1 Å². The van der Waals surface area contributed by atoms with Crippen molar-refractivity contribution in [3.8, 4) is 0 Å². The maximum Gasteiger partial charge on any atom is 0.373 e. The van der Waals surface area contributed by atoms with Crippen molar-refractivity contribution in [2.24, 2.45) is 5.92 Å². The van der Waals surface area contributed by atoms with E-state index in [2.05, 4.69) is 13.8 Å². The van der Waals surface area contributed by atoms with Gasteiger partial charge in [-0.15, -0.1) is 0 Å². The maximum atomic E-state index is 11.9. The molecule has 1 aromatic rings. The molecule has 0 bridgehead atoms. The summed E-state index contributed by atoms with van der Waals surface area (Å²) in [4.78, 5) is 22.3. The average molecular weight is 290 g/mol. The van der Waals surface area contributed by atoms with Gasteiger partial charge in [0, 0.05) is 0 Å². The molecule has 0 radical (unpaired) electrons. The first-order valence-corrected chi connectivity index (χ1v) is 8.15. The molecule has 21 heavy (non-hydrogen) atoms. The second-order valence-corrected chi connectivity index (χ2v) is 6.16. The predicted octanol–water partition coefficient (Wildman–Crippen LogP) is 4.70. The van der Waals surface area contributed by atoms with Gasteiger partial charge in [0.25, 0.3) is 0 Å². The van der Waals surface area contributed by atoms with Crippen molar-refractivity contribution in [2.75, 3.05) is 0 Å². The van der Waals surface area contributed by atoms with Crippen molar-refractivity contribution in [1.82, 2.24) is 0 Å². The fourth-order valence-electron chi connectivity index (χ4n) is 2.81. The molecular weight excluding hydrogens is 264 g/mol. The largest absolute Gasteiger partial charge is 0.373 e. The Morgan fingerprint density at radius 1 is 1.24 bits per heavy atom. The van der Waals surface area contributed by atoms with Crippen LogP contribution in [0.1, 0.15) is 68.3 Å². The van der Waals surface area contributed by atoms with Crippen molar-refractivity contribution in [3.05, 3.63) is 35.4 Å². The summed E-state index contributed by atoms with van der Waals surface area (Å²) >= 11 is 0. The first-order valence-electron chi connectivity index (χ1n) is 8.15. The third-order valence-corrected chi connectivity index (χ3v) is 4.16. The van der Waals surface area contributed by atoms with Gasteiger partial charge in [0.2, 0.25) is 0 Å². The summed E-state index contributed by atoms with van der Waals surface area (Å²) in [6.45, 7) is 4.39. The molecule has 1 aromatic carbocycles. The highest BCUT2D eigenvalue weighted by Gasteiger charge is 2.22. The van der Waals surface area contributed by atoms with E-state index in [0.717, 1.165) is 25.7 Å². The van der Waals surface area contributed by atoms with Crippen LogP contribution in [0.25, 0.3) is 0 Å². The standard InChI is InChI=1S/C18H26O3/c1-3-4-7-15-9-11-16(12-10-15)18(19)21-20-17-8-5-6-14(2)13-17/h9-12,14,17H,3-8,13H2,1-2H3. The van der Waals surface area contributed by atoms with Gasteiger partial charge >= 0.3 is 5.97 Å². The molecule has 0 aliphatic heterocycles. The molecule has 0 heterocycles. The quantitative estimate of drug-likeness (QED) is 0.563. The van der Waals surface area contributed by atoms with Crippen LogP contribution in [0.15, 0.2) is 24.3 Å². The zero-order valence-electron chi connectivity index (χ0n) is 13.1. The number of hydrogen-bond acceptors (Lipinski definition) is 3. The Morgan fingerprint density at radius 3 is 2.67 bits per heavy atom. The van der Waals surface area contributed by atoms with Crippen LogP contribution in [0.4, 0.5) is 0 Å². The Bertz CT molecular complexity index is 438. The average Bonchev–Trinajstić information content (AvgIpc) is 2.51. The number of hydrogen-bond donors (Lipinski definition) is 0. The fourth-order valence-corrected chi connectivity index (χ4v) is 2.81. The van der Waals surface area contributed by atoms with E-state index in [4.69, 9.17) is 9.78 Å². The third-order valence-electron chi connectivity index (χ3n) is 4.16. The summed E-state index contributed by atoms with van der Waals surface area (Å²) in [6, 6.07) is 7.63. The van der Waals surface area contributed by atoms with E-state index in [0.29, 0.717) is 11.5 Å². The molecule has 1 saturated carbocycles. The molecule has 1 aliphatic rings. The van der Waals surface area contributed by atoms with Gasteiger partial charge in [-0.25, -0.2) is 4.79 Å². The number of aryl methyl sites for hydroxylation is 1. The van der Waals surface area contributed by atoms with Gasteiger partial charge in [0.1, 0.15) is 6.10 Å². The Balaban J connectivity index is 1.79. The topological polar surface area (TPSA) is 35.5 Å². The summed E-state index contributed by atoms with van der Waals surface area (Å²) < 4.78 is 0. The molecule has 116 valence electrons. The highest BCUT2D eigenvalue weighted by molar-refractivity contribution is 5.88. The smallest absolute Gasteiger partial charge is 0.293 e. The van der Waals surface area contributed by atoms with Crippen LogP contribution in [0, 0.1) is 5.92 Å². The van der Waals surface area contributed by atoms with E-state index in [1.165, 1.54) is 24.8 Å². The van der Waals surface area contributed by atoms with Crippen LogP contribution in [0.2, 0.25) is 0 Å². The minimum Gasteiger partial charge on any atom is -0.293 e. The lowest BCUT2D eigenvalue weighted by atomic mass is 9.89. The summed E-state index contributed by atoms with van der Waals surface area (Å²) in [5.41, 5.74) is 1.81. The fraction of sp³-hybridized carbons (Fsp3) is 0.611. The summed E-state index contributed by atoms with van der Waals surface area (Å²) in [6.07, 6.45) is 7.81. The molecule has 2 rings (SSSR count). The number of carbonyl (C=O) groups is 1. The molecule has 0 aromatic heterocycles. The molecule has 1 aliphatic carbocycles. The number of rotatable bonds is 6. The third kappa shape index (κ3) is 5.16. The van der Waals surface area contributed by atoms with E-state index < -0.39 is 5.97 Å². The highest BCUT2D eigenvalue weighted by atomic mass is 17.2. The Labute approximate surface area is 127 Å². The van der Waals surface area contributed by atoms with Crippen molar-refractivity contribution >= 4 is 5.97 Å². The molecule has 3 nitrogen and oxygen atoms in total. The molecular formula is C18H26O3. The van der Waals surface area contributed by atoms with Crippen LogP contribution < -0.4 is 0 Å². The second-order valence-electron chi connectivity index (χ2n) is 6.16. The van der Waals surface area contributed by atoms with Crippen molar-refractivity contribution in [1.29, 1.82) is 0 Å². The first kappa shape index (κ1) is 16.0. The van der Waals surface area contributed by atoms with E-state index in [1.54, 1.807) is 0 Å². The van der Waals surface area contributed by atoms with Crippen molar-refractivity contribution < 1.29 is 14.6 Å².